The minimum absolute atomic E-state index is 0.118. The fourth-order valence-corrected chi connectivity index (χ4v) is 3.79. The van der Waals surface area contributed by atoms with Crippen LogP contribution in [0.3, 0.4) is 0 Å². The molecular formula is C24H25N5O2. The van der Waals surface area contributed by atoms with Gasteiger partial charge in [-0.1, -0.05) is 42.5 Å². The number of aromatic nitrogens is 4. The van der Waals surface area contributed by atoms with Crippen LogP contribution in [0.15, 0.2) is 59.4 Å². The topological polar surface area (TPSA) is 83.9 Å². The Morgan fingerprint density at radius 2 is 1.77 bits per heavy atom. The first-order valence-corrected chi connectivity index (χ1v) is 10.3. The molecule has 2 aromatic heterocycles. The molecule has 0 atom stereocenters. The van der Waals surface area contributed by atoms with Crippen molar-refractivity contribution in [1.82, 2.24) is 24.6 Å². The van der Waals surface area contributed by atoms with Gasteiger partial charge in [-0.2, -0.15) is 5.10 Å². The average molecular weight is 415 g/mol. The molecule has 7 heteroatoms. The predicted molar refractivity (Wildman–Crippen MR) is 120 cm³/mol. The second kappa shape index (κ2) is 8.55. The summed E-state index contributed by atoms with van der Waals surface area (Å²) in [5.41, 5.74) is 3.65. The molecule has 0 aliphatic rings. The molecule has 0 aliphatic carbocycles. The van der Waals surface area contributed by atoms with Crippen LogP contribution in [0.2, 0.25) is 0 Å². The van der Waals surface area contributed by atoms with Crippen LogP contribution >= 0.6 is 0 Å². The summed E-state index contributed by atoms with van der Waals surface area (Å²) >= 11 is 0. The zero-order valence-corrected chi connectivity index (χ0v) is 17.9. The van der Waals surface area contributed by atoms with Gasteiger partial charge in [-0.3, -0.25) is 14.3 Å². The number of carbonyl (C=O) groups is 1. The van der Waals surface area contributed by atoms with Crippen molar-refractivity contribution in [2.45, 2.75) is 33.9 Å². The fraction of sp³-hybridized carbons (Fsp3) is 0.250. The number of carbonyl (C=O) groups excluding carboxylic acids is 1. The van der Waals surface area contributed by atoms with E-state index >= 15 is 0 Å². The molecule has 0 saturated carbocycles. The van der Waals surface area contributed by atoms with E-state index in [1.165, 1.54) is 0 Å². The summed E-state index contributed by atoms with van der Waals surface area (Å²) in [4.78, 5) is 34.8. The second-order valence-corrected chi connectivity index (χ2v) is 7.54. The van der Waals surface area contributed by atoms with Crippen LogP contribution in [0, 0.1) is 13.8 Å². The van der Waals surface area contributed by atoms with Crippen molar-refractivity contribution < 1.29 is 4.79 Å². The van der Waals surface area contributed by atoms with Crippen LogP contribution in [0.5, 0.6) is 0 Å². The third-order valence-electron chi connectivity index (χ3n) is 5.44. The maximum Gasteiger partial charge on any atom is 0.258 e. The standard InChI is InChI=1S/C24H25N5O2/c1-4-28(15-21-25-20-13-9-8-12-19(20)23(30)26-21)24(31)22-16(2)27-29(17(22)3)14-18-10-6-5-7-11-18/h5-13H,4,14-15H2,1-3H3,(H,25,26,30). The predicted octanol–water partition coefficient (Wildman–Crippen LogP) is 3.45. The number of nitrogens with one attached hydrogen (secondary N) is 1. The van der Waals surface area contributed by atoms with E-state index < -0.39 is 0 Å². The van der Waals surface area contributed by atoms with Crippen molar-refractivity contribution in [3.63, 3.8) is 0 Å². The molecule has 0 spiro atoms. The Morgan fingerprint density at radius 3 is 2.52 bits per heavy atom. The van der Waals surface area contributed by atoms with E-state index in [1.807, 2.05) is 61.9 Å². The van der Waals surface area contributed by atoms with E-state index in [0.717, 1.165) is 11.3 Å². The summed E-state index contributed by atoms with van der Waals surface area (Å²) in [5, 5.41) is 5.14. The fourth-order valence-electron chi connectivity index (χ4n) is 3.79. The van der Waals surface area contributed by atoms with E-state index in [-0.39, 0.29) is 18.0 Å². The lowest BCUT2D eigenvalue weighted by molar-refractivity contribution is 0.0747. The van der Waals surface area contributed by atoms with Crippen molar-refractivity contribution in [2.24, 2.45) is 0 Å². The van der Waals surface area contributed by atoms with E-state index in [1.54, 1.807) is 23.1 Å². The SMILES string of the molecule is CCN(Cc1nc2ccccc2c(=O)[nH]1)C(=O)c1c(C)nn(Cc2ccccc2)c1C. The highest BCUT2D eigenvalue weighted by Crippen LogP contribution is 2.18. The molecule has 1 N–H and O–H groups in total. The molecule has 2 heterocycles. The molecule has 0 bridgehead atoms. The number of fused-ring (bicyclic) bond motifs is 1. The maximum atomic E-state index is 13.4. The van der Waals surface area contributed by atoms with Crippen molar-refractivity contribution in [3.8, 4) is 0 Å². The average Bonchev–Trinajstić information content (AvgIpc) is 3.05. The first-order chi connectivity index (χ1) is 15.0. The Labute approximate surface area is 180 Å². The Kier molecular flexibility index (Phi) is 5.66. The zero-order valence-electron chi connectivity index (χ0n) is 17.9. The summed E-state index contributed by atoms with van der Waals surface area (Å²) in [5.74, 6) is 0.346. The Bertz CT molecular complexity index is 1290. The van der Waals surface area contributed by atoms with Crippen molar-refractivity contribution in [1.29, 1.82) is 0 Å². The van der Waals surface area contributed by atoms with Gasteiger partial charge in [-0.25, -0.2) is 4.98 Å². The van der Waals surface area contributed by atoms with Gasteiger partial charge >= 0.3 is 0 Å². The highest BCUT2D eigenvalue weighted by molar-refractivity contribution is 5.96. The number of rotatable bonds is 6. The quantitative estimate of drug-likeness (QED) is 0.523. The molecule has 31 heavy (non-hydrogen) atoms. The summed E-state index contributed by atoms with van der Waals surface area (Å²) in [7, 11) is 0. The number of nitrogens with zero attached hydrogens (tertiary/aromatic N) is 4. The molecule has 0 aliphatic heterocycles. The summed E-state index contributed by atoms with van der Waals surface area (Å²) in [6.07, 6.45) is 0. The number of aryl methyl sites for hydroxylation is 1. The number of hydrogen-bond donors (Lipinski definition) is 1. The Balaban J connectivity index is 1.61. The molecular weight excluding hydrogens is 390 g/mol. The van der Waals surface area contributed by atoms with Crippen molar-refractivity contribution in [2.75, 3.05) is 6.54 Å². The molecule has 4 rings (SSSR count). The van der Waals surface area contributed by atoms with E-state index in [4.69, 9.17) is 0 Å². The van der Waals surface area contributed by atoms with Crippen LogP contribution in [-0.4, -0.2) is 37.1 Å². The summed E-state index contributed by atoms with van der Waals surface area (Å²) in [6, 6.07) is 17.2. The van der Waals surface area contributed by atoms with Gasteiger partial charge in [-0.05, 0) is 38.5 Å². The van der Waals surface area contributed by atoms with Gasteiger partial charge in [0.25, 0.3) is 11.5 Å². The first-order valence-electron chi connectivity index (χ1n) is 10.3. The molecule has 0 radical (unpaired) electrons. The monoisotopic (exact) mass is 415 g/mol. The smallest absolute Gasteiger partial charge is 0.258 e. The van der Waals surface area contributed by atoms with Gasteiger partial charge in [0.1, 0.15) is 5.82 Å². The molecule has 0 saturated heterocycles. The molecule has 2 aromatic carbocycles. The van der Waals surface area contributed by atoms with Gasteiger partial charge in [0, 0.05) is 12.2 Å². The largest absolute Gasteiger partial charge is 0.331 e. The Hall–Kier alpha value is -3.74. The maximum absolute atomic E-state index is 13.4. The molecule has 1 amide bonds. The van der Waals surface area contributed by atoms with E-state index in [0.29, 0.717) is 41.1 Å². The van der Waals surface area contributed by atoms with Gasteiger partial charge in [0.2, 0.25) is 0 Å². The lowest BCUT2D eigenvalue weighted by Gasteiger charge is -2.20. The van der Waals surface area contributed by atoms with Crippen LogP contribution in [-0.2, 0) is 13.1 Å². The highest BCUT2D eigenvalue weighted by Gasteiger charge is 2.24. The van der Waals surface area contributed by atoms with Crippen molar-refractivity contribution in [3.05, 3.63) is 93.3 Å². The number of H-pyrrole nitrogens is 1. The highest BCUT2D eigenvalue weighted by atomic mass is 16.2. The van der Waals surface area contributed by atoms with Crippen LogP contribution < -0.4 is 5.56 Å². The Morgan fingerprint density at radius 1 is 1.06 bits per heavy atom. The number of para-hydroxylation sites is 1. The number of hydrogen-bond acceptors (Lipinski definition) is 4. The number of aromatic amines is 1. The third-order valence-corrected chi connectivity index (χ3v) is 5.44. The number of amides is 1. The van der Waals surface area contributed by atoms with E-state index in [9.17, 15) is 9.59 Å². The van der Waals surface area contributed by atoms with Crippen LogP contribution in [0.1, 0.15) is 40.1 Å². The van der Waals surface area contributed by atoms with E-state index in [2.05, 4.69) is 15.1 Å². The minimum atomic E-state index is -0.202. The third kappa shape index (κ3) is 4.12. The molecule has 0 unspecified atom stereocenters. The van der Waals surface area contributed by atoms with Gasteiger partial charge in [0.15, 0.2) is 0 Å². The van der Waals surface area contributed by atoms with Gasteiger partial charge in [-0.15, -0.1) is 0 Å². The lowest BCUT2D eigenvalue weighted by atomic mass is 10.1. The minimum Gasteiger partial charge on any atom is -0.331 e. The molecule has 7 nitrogen and oxygen atoms in total. The van der Waals surface area contributed by atoms with Crippen molar-refractivity contribution >= 4 is 16.8 Å². The second-order valence-electron chi connectivity index (χ2n) is 7.54. The first kappa shape index (κ1) is 20.5. The van der Waals surface area contributed by atoms with Gasteiger partial charge < -0.3 is 9.88 Å². The molecule has 158 valence electrons. The number of benzene rings is 2. The zero-order chi connectivity index (χ0) is 22.0. The van der Waals surface area contributed by atoms with Crippen LogP contribution in [0.25, 0.3) is 10.9 Å². The molecule has 0 fully saturated rings. The summed E-state index contributed by atoms with van der Waals surface area (Å²) < 4.78 is 1.86. The van der Waals surface area contributed by atoms with Gasteiger partial charge in [0.05, 0.1) is 35.2 Å². The normalized spacial score (nSPS) is 11.1. The van der Waals surface area contributed by atoms with Crippen LogP contribution in [0.4, 0.5) is 0 Å². The lowest BCUT2D eigenvalue weighted by Crippen LogP contribution is -2.32. The summed E-state index contributed by atoms with van der Waals surface area (Å²) in [6.45, 7) is 6.99. The molecule has 4 aromatic rings.